The van der Waals surface area contributed by atoms with Gasteiger partial charge in [0, 0.05) is 41.5 Å². The summed E-state index contributed by atoms with van der Waals surface area (Å²) in [7, 11) is -0.544. The highest BCUT2D eigenvalue weighted by atomic mass is 32.2. The van der Waals surface area contributed by atoms with Gasteiger partial charge in [0.2, 0.25) is 0 Å². The smallest absolute Gasteiger partial charge is 0.0591 e. The Morgan fingerprint density at radius 1 is 1.33 bits per heavy atom. The van der Waals surface area contributed by atoms with E-state index in [0.29, 0.717) is 6.04 Å². The molecule has 0 aromatic carbocycles. The van der Waals surface area contributed by atoms with Crippen molar-refractivity contribution in [3.8, 4) is 0 Å². The summed E-state index contributed by atoms with van der Waals surface area (Å²) in [4.78, 5) is 0. The highest BCUT2D eigenvalue weighted by Crippen LogP contribution is 2.08. The number of nitrogens with one attached hydrogen (secondary N) is 1. The number of hydrogen-bond donors (Lipinski definition) is 1. The first-order valence-corrected chi connectivity index (χ1v) is 7.48. The second kappa shape index (κ2) is 8.25. The second-order valence-electron chi connectivity index (χ2n) is 4.04. The molecule has 1 aliphatic heterocycles. The molecule has 1 aliphatic rings. The molecule has 1 rings (SSSR count). The van der Waals surface area contributed by atoms with Crippen molar-refractivity contribution in [2.75, 3.05) is 31.3 Å². The van der Waals surface area contributed by atoms with E-state index in [1.54, 1.807) is 0 Å². The van der Waals surface area contributed by atoms with E-state index in [2.05, 4.69) is 12.2 Å². The maximum Gasteiger partial charge on any atom is 0.0591 e. The van der Waals surface area contributed by atoms with Crippen molar-refractivity contribution in [3.63, 3.8) is 0 Å². The zero-order valence-electron chi connectivity index (χ0n) is 9.67. The van der Waals surface area contributed by atoms with Crippen molar-refractivity contribution in [1.82, 2.24) is 5.32 Å². The van der Waals surface area contributed by atoms with Crippen LogP contribution in [0.15, 0.2) is 0 Å². The van der Waals surface area contributed by atoms with Gasteiger partial charge in [0.15, 0.2) is 0 Å². The van der Waals surface area contributed by atoms with Gasteiger partial charge in [-0.15, -0.1) is 0 Å². The molecule has 0 aromatic rings. The molecule has 0 atom stereocenters. The monoisotopic (exact) mass is 233 g/mol. The summed E-state index contributed by atoms with van der Waals surface area (Å²) in [6.45, 7) is 4.79. The van der Waals surface area contributed by atoms with Crippen LogP contribution in [-0.4, -0.2) is 41.5 Å². The molecule has 90 valence electrons. The average Bonchev–Trinajstić information content (AvgIpc) is 2.26. The Balaban J connectivity index is 1.89. The van der Waals surface area contributed by atoms with Gasteiger partial charge in [0.1, 0.15) is 0 Å². The molecule has 1 heterocycles. The molecule has 0 aliphatic carbocycles. The Hall–Kier alpha value is 0.0700. The summed E-state index contributed by atoms with van der Waals surface area (Å²) in [5.41, 5.74) is 0. The summed E-state index contributed by atoms with van der Waals surface area (Å²) in [5, 5.41) is 3.46. The lowest BCUT2D eigenvalue weighted by molar-refractivity contribution is 0.130. The molecule has 15 heavy (non-hydrogen) atoms. The minimum absolute atomic E-state index is 0.544. The summed E-state index contributed by atoms with van der Waals surface area (Å²) < 4.78 is 16.6. The fourth-order valence-corrected chi connectivity index (χ4v) is 2.98. The molecule has 0 aromatic heterocycles. The molecule has 0 spiro atoms. The van der Waals surface area contributed by atoms with Gasteiger partial charge in [0.25, 0.3) is 0 Å². The Labute approximate surface area is 95.4 Å². The largest absolute Gasteiger partial charge is 0.380 e. The SMILES string of the molecule is CCCCOCCNC1CCS(=O)CC1. The fourth-order valence-electron chi connectivity index (χ4n) is 1.68. The molecule has 0 unspecified atom stereocenters. The molecule has 1 saturated heterocycles. The van der Waals surface area contributed by atoms with E-state index >= 15 is 0 Å². The number of unbranched alkanes of at least 4 members (excludes halogenated alkanes) is 1. The highest BCUT2D eigenvalue weighted by molar-refractivity contribution is 7.85. The van der Waals surface area contributed by atoms with E-state index in [1.807, 2.05) is 0 Å². The molecular formula is C11H23NO2S. The van der Waals surface area contributed by atoms with Gasteiger partial charge in [0.05, 0.1) is 6.61 Å². The summed E-state index contributed by atoms with van der Waals surface area (Å²) in [6.07, 6.45) is 4.47. The van der Waals surface area contributed by atoms with Crippen LogP contribution in [0.2, 0.25) is 0 Å². The highest BCUT2D eigenvalue weighted by Gasteiger charge is 2.16. The van der Waals surface area contributed by atoms with Crippen LogP contribution in [0, 0.1) is 0 Å². The van der Waals surface area contributed by atoms with Crippen molar-refractivity contribution >= 4 is 10.8 Å². The quantitative estimate of drug-likeness (QED) is 0.674. The summed E-state index contributed by atoms with van der Waals surface area (Å²) in [5.74, 6) is 1.74. The summed E-state index contributed by atoms with van der Waals surface area (Å²) in [6, 6.07) is 0.567. The van der Waals surface area contributed by atoms with Crippen LogP contribution >= 0.6 is 0 Å². The van der Waals surface area contributed by atoms with E-state index < -0.39 is 10.8 Å². The third-order valence-electron chi connectivity index (χ3n) is 2.71. The van der Waals surface area contributed by atoms with Crippen molar-refractivity contribution in [2.24, 2.45) is 0 Å². The van der Waals surface area contributed by atoms with E-state index in [1.165, 1.54) is 6.42 Å². The fraction of sp³-hybridized carbons (Fsp3) is 1.00. The second-order valence-corrected chi connectivity index (χ2v) is 5.74. The molecule has 0 amide bonds. The Kier molecular flexibility index (Phi) is 7.22. The molecule has 0 radical (unpaired) electrons. The van der Waals surface area contributed by atoms with Crippen LogP contribution in [0.25, 0.3) is 0 Å². The molecule has 1 fully saturated rings. The Bertz CT molecular complexity index is 177. The average molecular weight is 233 g/mol. The lowest BCUT2D eigenvalue weighted by Gasteiger charge is -2.22. The van der Waals surface area contributed by atoms with E-state index in [0.717, 1.165) is 50.5 Å². The van der Waals surface area contributed by atoms with Crippen LogP contribution in [0.4, 0.5) is 0 Å². The minimum Gasteiger partial charge on any atom is -0.380 e. The van der Waals surface area contributed by atoms with Crippen molar-refractivity contribution in [1.29, 1.82) is 0 Å². The Morgan fingerprint density at radius 2 is 2.07 bits per heavy atom. The van der Waals surface area contributed by atoms with E-state index in [-0.39, 0.29) is 0 Å². The molecule has 0 saturated carbocycles. The van der Waals surface area contributed by atoms with Gasteiger partial charge in [-0.2, -0.15) is 0 Å². The van der Waals surface area contributed by atoms with Crippen LogP contribution in [0.5, 0.6) is 0 Å². The van der Waals surface area contributed by atoms with Crippen molar-refractivity contribution < 1.29 is 8.95 Å². The van der Waals surface area contributed by atoms with E-state index in [9.17, 15) is 4.21 Å². The van der Waals surface area contributed by atoms with Gasteiger partial charge in [-0.3, -0.25) is 4.21 Å². The normalized spacial score (nSPS) is 26.7. The maximum absolute atomic E-state index is 11.1. The summed E-state index contributed by atoms with van der Waals surface area (Å²) >= 11 is 0. The van der Waals surface area contributed by atoms with Crippen molar-refractivity contribution in [2.45, 2.75) is 38.6 Å². The zero-order valence-corrected chi connectivity index (χ0v) is 10.5. The predicted octanol–water partition coefficient (Wildman–Crippen LogP) is 1.30. The van der Waals surface area contributed by atoms with E-state index in [4.69, 9.17) is 4.74 Å². The number of rotatable bonds is 7. The molecule has 4 heteroatoms. The number of hydrogen-bond acceptors (Lipinski definition) is 3. The third kappa shape index (κ3) is 6.28. The lowest BCUT2D eigenvalue weighted by atomic mass is 10.1. The first kappa shape index (κ1) is 13.1. The molecule has 1 N–H and O–H groups in total. The first-order valence-electron chi connectivity index (χ1n) is 5.99. The zero-order chi connectivity index (χ0) is 10.9. The van der Waals surface area contributed by atoms with Gasteiger partial charge in [-0.1, -0.05) is 13.3 Å². The van der Waals surface area contributed by atoms with Crippen molar-refractivity contribution in [3.05, 3.63) is 0 Å². The van der Waals surface area contributed by atoms with Crippen LogP contribution in [0.1, 0.15) is 32.6 Å². The maximum atomic E-state index is 11.1. The lowest BCUT2D eigenvalue weighted by Crippen LogP contribution is -2.37. The topological polar surface area (TPSA) is 38.3 Å². The van der Waals surface area contributed by atoms with Gasteiger partial charge < -0.3 is 10.1 Å². The van der Waals surface area contributed by atoms with Gasteiger partial charge in [-0.05, 0) is 19.3 Å². The third-order valence-corrected chi connectivity index (χ3v) is 4.09. The molecule has 3 nitrogen and oxygen atoms in total. The predicted molar refractivity (Wildman–Crippen MR) is 64.6 cm³/mol. The standard InChI is InChI=1S/C11H23NO2S/c1-2-3-7-14-8-6-12-11-4-9-15(13)10-5-11/h11-12H,2-10H2,1H3. The van der Waals surface area contributed by atoms with Gasteiger partial charge in [-0.25, -0.2) is 0 Å². The Morgan fingerprint density at radius 3 is 2.73 bits per heavy atom. The van der Waals surface area contributed by atoms with Crippen LogP contribution in [0.3, 0.4) is 0 Å². The molecular weight excluding hydrogens is 210 g/mol. The van der Waals surface area contributed by atoms with Crippen LogP contribution in [-0.2, 0) is 15.5 Å². The minimum atomic E-state index is -0.544. The van der Waals surface area contributed by atoms with Crippen LogP contribution < -0.4 is 5.32 Å². The number of ether oxygens (including phenoxy) is 1. The first-order chi connectivity index (χ1) is 7.33. The van der Waals surface area contributed by atoms with Gasteiger partial charge >= 0.3 is 0 Å². The molecule has 0 bridgehead atoms.